The predicted octanol–water partition coefficient (Wildman–Crippen LogP) is 6.71. The average Bonchev–Trinajstić information content (AvgIpc) is 3.42. The van der Waals surface area contributed by atoms with Crippen LogP contribution in [-0.2, 0) is 6.61 Å². The zero-order valence-electron chi connectivity index (χ0n) is 23.1. The molecule has 1 amide bonds. The Morgan fingerprint density at radius 2 is 1.67 bits per heavy atom. The fourth-order valence-corrected chi connectivity index (χ4v) is 4.47. The molecule has 0 atom stereocenters. The largest absolute Gasteiger partial charge is 0.493 e. The van der Waals surface area contributed by atoms with Gasteiger partial charge in [0.2, 0.25) is 0 Å². The summed E-state index contributed by atoms with van der Waals surface area (Å²) in [7, 11) is 1.53. The van der Waals surface area contributed by atoms with Gasteiger partial charge in [-0.2, -0.15) is 5.10 Å². The summed E-state index contributed by atoms with van der Waals surface area (Å²) < 4.78 is 13.4. The maximum Gasteiger partial charge on any atom is 0.271 e. The third kappa shape index (κ3) is 6.37. The van der Waals surface area contributed by atoms with Crippen LogP contribution >= 0.6 is 0 Å². The molecule has 210 valence electrons. The first-order valence-corrected chi connectivity index (χ1v) is 13.1. The molecule has 1 heterocycles. The minimum atomic E-state index is -0.445. The van der Waals surface area contributed by atoms with E-state index in [1.165, 1.54) is 25.5 Å². The van der Waals surface area contributed by atoms with Crippen molar-refractivity contribution in [3.63, 3.8) is 0 Å². The molecule has 1 aromatic heterocycles. The molecule has 0 fully saturated rings. The van der Waals surface area contributed by atoms with Crippen LogP contribution in [0.3, 0.4) is 0 Å². The van der Waals surface area contributed by atoms with E-state index in [0.29, 0.717) is 22.6 Å². The van der Waals surface area contributed by atoms with Gasteiger partial charge in [0.15, 0.2) is 11.5 Å². The number of hydrazone groups is 1. The second-order valence-electron chi connectivity index (χ2n) is 9.43. The third-order valence-corrected chi connectivity index (χ3v) is 6.64. The lowest BCUT2D eigenvalue weighted by molar-refractivity contribution is -0.384. The zero-order chi connectivity index (χ0) is 29.5. The highest BCUT2D eigenvalue weighted by Crippen LogP contribution is 2.29. The summed E-state index contributed by atoms with van der Waals surface area (Å²) in [5.74, 6) is 0.656. The molecule has 0 saturated carbocycles. The lowest BCUT2D eigenvalue weighted by atomic mass is 10.1. The molecular formula is C33H28N4O5. The molecule has 5 rings (SSSR count). The number of aromatic nitrogens is 1. The van der Waals surface area contributed by atoms with Crippen LogP contribution < -0.4 is 14.9 Å². The number of nitrogens with zero attached hydrogens (tertiary/aromatic N) is 3. The van der Waals surface area contributed by atoms with E-state index in [4.69, 9.17) is 9.47 Å². The van der Waals surface area contributed by atoms with E-state index in [9.17, 15) is 14.9 Å². The molecule has 1 N–H and O–H groups in total. The van der Waals surface area contributed by atoms with Crippen molar-refractivity contribution in [2.45, 2.75) is 13.5 Å². The van der Waals surface area contributed by atoms with Crippen LogP contribution in [0.4, 0.5) is 5.69 Å². The molecule has 0 unspecified atom stereocenters. The Hall–Kier alpha value is -5.70. The highest BCUT2D eigenvalue weighted by atomic mass is 16.6. The number of hydrogen-bond acceptors (Lipinski definition) is 6. The lowest BCUT2D eigenvalue weighted by Crippen LogP contribution is -2.17. The molecule has 9 heteroatoms. The minimum absolute atomic E-state index is 0.0218. The number of benzene rings is 4. The molecule has 0 aliphatic heterocycles. The molecule has 9 nitrogen and oxygen atoms in total. The Labute approximate surface area is 242 Å². The third-order valence-electron chi connectivity index (χ3n) is 6.64. The van der Waals surface area contributed by atoms with Gasteiger partial charge in [0.25, 0.3) is 11.6 Å². The van der Waals surface area contributed by atoms with Crippen LogP contribution in [0.25, 0.3) is 16.9 Å². The molecule has 0 bridgehead atoms. The van der Waals surface area contributed by atoms with E-state index in [2.05, 4.69) is 46.3 Å². The average molecular weight is 561 g/mol. The van der Waals surface area contributed by atoms with Crippen molar-refractivity contribution in [2.24, 2.45) is 5.10 Å². The van der Waals surface area contributed by atoms with E-state index >= 15 is 0 Å². The fourth-order valence-electron chi connectivity index (χ4n) is 4.47. The van der Waals surface area contributed by atoms with Crippen LogP contribution in [0.15, 0.2) is 114 Å². The van der Waals surface area contributed by atoms with Gasteiger partial charge in [-0.3, -0.25) is 14.9 Å². The molecule has 0 saturated heterocycles. The van der Waals surface area contributed by atoms with Gasteiger partial charge < -0.3 is 14.0 Å². The van der Waals surface area contributed by atoms with Gasteiger partial charge in [-0.25, -0.2) is 5.43 Å². The molecule has 0 aliphatic rings. The zero-order valence-corrected chi connectivity index (χ0v) is 23.1. The minimum Gasteiger partial charge on any atom is -0.493 e. The van der Waals surface area contributed by atoms with Gasteiger partial charge in [0.05, 0.1) is 23.9 Å². The van der Waals surface area contributed by atoms with Gasteiger partial charge >= 0.3 is 0 Å². The molecule has 42 heavy (non-hydrogen) atoms. The molecule has 5 aromatic rings. The van der Waals surface area contributed by atoms with Crippen LogP contribution in [0, 0.1) is 17.0 Å². The first-order chi connectivity index (χ1) is 20.4. The number of non-ortho nitro benzene ring substituents is 1. The number of methoxy groups -OCH3 is 1. The monoisotopic (exact) mass is 560 g/mol. The number of aryl methyl sites for hydroxylation is 1. The van der Waals surface area contributed by atoms with Crippen molar-refractivity contribution in [1.29, 1.82) is 0 Å². The quantitative estimate of drug-likeness (QED) is 0.116. The number of nitro benzene ring substituents is 1. The topological polar surface area (TPSA) is 108 Å². The Balaban J connectivity index is 1.21. The SMILES string of the molecule is COc1cc(/C=N\NC(=O)c2ccc(-n3c(C)ccc3-c3ccccc3)cc2)ccc1OCc1ccc([N+](=O)[O-])cc1. The lowest BCUT2D eigenvalue weighted by Gasteiger charge is -2.13. The number of carbonyl (C=O) groups excluding carboxylic acids is 1. The Morgan fingerprint density at radius 3 is 2.36 bits per heavy atom. The van der Waals surface area contributed by atoms with Crippen molar-refractivity contribution in [1.82, 2.24) is 9.99 Å². The van der Waals surface area contributed by atoms with Gasteiger partial charge in [-0.05, 0) is 90.3 Å². The number of hydrogen-bond donors (Lipinski definition) is 1. The predicted molar refractivity (Wildman–Crippen MR) is 161 cm³/mol. The van der Waals surface area contributed by atoms with Gasteiger partial charge in [0.1, 0.15) is 6.61 Å². The molecule has 0 spiro atoms. The van der Waals surface area contributed by atoms with E-state index < -0.39 is 4.92 Å². The number of nitrogens with one attached hydrogen (secondary N) is 1. The second-order valence-corrected chi connectivity index (χ2v) is 9.43. The van der Waals surface area contributed by atoms with Crippen molar-refractivity contribution < 1.29 is 19.2 Å². The van der Waals surface area contributed by atoms with E-state index in [0.717, 1.165) is 28.2 Å². The van der Waals surface area contributed by atoms with Crippen molar-refractivity contribution >= 4 is 17.8 Å². The summed E-state index contributed by atoms with van der Waals surface area (Å²) in [5, 5.41) is 14.9. The first-order valence-electron chi connectivity index (χ1n) is 13.1. The number of ether oxygens (including phenoxy) is 2. The van der Waals surface area contributed by atoms with Crippen LogP contribution in [0.1, 0.15) is 27.2 Å². The molecular weight excluding hydrogens is 532 g/mol. The van der Waals surface area contributed by atoms with Crippen LogP contribution in [-0.4, -0.2) is 28.7 Å². The van der Waals surface area contributed by atoms with Crippen molar-refractivity contribution in [2.75, 3.05) is 7.11 Å². The highest BCUT2D eigenvalue weighted by molar-refractivity contribution is 5.95. The fraction of sp³-hybridized carbons (Fsp3) is 0.0909. The summed E-state index contributed by atoms with van der Waals surface area (Å²) in [5.41, 5.74) is 8.79. The Kier molecular flexibility index (Phi) is 8.39. The molecule has 0 radical (unpaired) electrons. The van der Waals surface area contributed by atoms with Gasteiger partial charge in [0, 0.05) is 29.1 Å². The van der Waals surface area contributed by atoms with E-state index in [-0.39, 0.29) is 18.2 Å². The van der Waals surface area contributed by atoms with Crippen molar-refractivity contribution in [3.8, 4) is 28.4 Å². The van der Waals surface area contributed by atoms with Crippen LogP contribution in [0.5, 0.6) is 11.5 Å². The second kappa shape index (κ2) is 12.6. The molecule has 4 aromatic carbocycles. The molecule has 0 aliphatic carbocycles. The Bertz CT molecular complexity index is 1730. The standard InChI is InChI=1S/C33H28N4O5/c1-23-8-18-30(26-6-4-3-5-7-26)36(23)28-16-12-27(13-17-28)33(38)35-34-21-25-11-19-31(32(20-25)41-2)42-22-24-9-14-29(15-10-24)37(39)40/h3-21H,22H2,1-2H3,(H,35,38)/b34-21-. The summed E-state index contributed by atoms with van der Waals surface area (Å²) in [6.07, 6.45) is 1.52. The highest BCUT2D eigenvalue weighted by Gasteiger charge is 2.11. The smallest absolute Gasteiger partial charge is 0.271 e. The normalized spacial score (nSPS) is 10.9. The maximum absolute atomic E-state index is 12.7. The summed E-state index contributed by atoms with van der Waals surface area (Å²) in [6, 6.07) is 33.1. The summed E-state index contributed by atoms with van der Waals surface area (Å²) in [4.78, 5) is 23.1. The number of amides is 1. The van der Waals surface area contributed by atoms with E-state index in [1.54, 1.807) is 42.5 Å². The first kappa shape index (κ1) is 27.9. The van der Waals surface area contributed by atoms with Gasteiger partial charge in [-0.1, -0.05) is 30.3 Å². The number of carbonyl (C=O) groups is 1. The summed E-state index contributed by atoms with van der Waals surface area (Å²) in [6.45, 7) is 2.27. The summed E-state index contributed by atoms with van der Waals surface area (Å²) >= 11 is 0. The van der Waals surface area contributed by atoms with E-state index in [1.807, 2.05) is 30.3 Å². The van der Waals surface area contributed by atoms with Crippen molar-refractivity contribution in [3.05, 3.63) is 142 Å². The maximum atomic E-state index is 12.7. The number of rotatable bonds is 10. The Morgan fingerprint density at radius 1 is 0.929 bits per heavy atom. The number of nitro groups is 1. The van der Waals surface area contributed by atoms with Gasteiger partial charge in [-0.15, -0.1) is 0 Å². The van der Waals surface area contributed by atoms with Crippen LogP contribution in [0.2, 0.25) is 0 Å².